The zero-order valence-corrected chi connectivity index (χ0v) is 12.6. The number of aliphatic hydroxyl groups is 2. The molecule has 18 heavy (non-hydrogen) atoms. The Kier molecular flexibility index (Phi) is 9.03. The highest BCUT2D eigenvalue weighted by Gasteiger charge is 2.30. The van der Waals surface area contributed by atoms with E-state index in [-0.39, 0.29) is 31.7 Å². The second-order valence-electron chi connectivity index (χ2n) is 4.63. The van der Waals surface area contributed by atoms with Crippen molar-refractivity contribution in [2.24, 2.45) is 0 Å². The molecule has 0 heterocycles. The third-order valence-electron chi connectivity index (χ3n) is 1.95. The highest BCUT2D eigenvalue weighted by atomic mass is 31.2. The molecule has 0 aliphatic carbocycles. The maximum absolute atomic E-state index is 12.5. The van der Waals surface area contributed by atoms with Gasteiger partial charge in [-0.2, -0.15) is 0 Å². The van der Waals surface area contributed by atoms with Crippen molar-refractivity contribution in [2.75, 3.05) is 32.6 Å². The van der Waals surface area contributed by atoms with E-state index in [1.165, 1.54) is 0 Å². The van der Waals surface area contributed by atoms with E-state index in [9.17, 15) is 4.57 Å². The summed E-state index contributed by atoms with van der Waals surface area (Å²) in [5.41, 5.74) is 0. The lowest BCUT2D eigenvalue weighted by molar-refractivity contribution is 0.120. The predicted molar refractivity (Wildman–Crippen MR) is 70.7 cm³/mol. The summed E-state index contributed by atoms with van der Waals surface area (Å²) in [6.07, 6.45) is -0.343. The van der Waals surface area contributed by atoms with E-state index < -0.39 is 7.60 Å². The summed E-state index contributed by atoms with van der Waals surface area (Å²) in [4.78, 5) is 1.67. The van der Waals surface area contributed by atoms with Crippen LogP contribution in [0.15, 0.2) is 0 Å². The van der Waals surface area contributed by atoms with Crippen molar-refractivity contribution >= 4 is 7.60 Å². The summed E-state index contributed by atoms with van der Waals surface area (Å²) < 4.78 is 23.3. The molecule has 0 aromatic rings. The van der Waals surface area contributed by atoms with E-state index in [4.69, 9.17) is 19.3 Å². The Morgan fingerprint density at radius 2 is 1.39 bits per heavy atom. The van der Waals surface area contributed by atoms with Gasteiger partial charge in [-0.3, -0.25) is 9.46 Å². The molecule has 0 aromatic heterocycles. The largest absolute Gasteiger partial charge is 0.395 e. The minimum absolute atomic E-state index is 0.0661. The Bertz CT molecular complexity index is 240. The molecule has 0 aliphatic rings. The lowest BCUT2D eigenvalue weighted by Crippen LogP contribution is -2.32. The van der Waals surface area contributed by atoms with Crippen LogP contribution < -0.4 is 0 Å². The van der Waals surface area contributed by atoms with Crippen molar-refractivity contribution in [3.05, 3.63) is 0 Å². The average Bonchev–Trinajstić information content (AvgIpc) is 2.14. The van der Waals surface area contributed by atoms with Crippen molar-refractivity contribution in [1.82, 2.24) is 4.90 Å². The quantitative estimate of drug-likeness (QED) is 0.588. The van der Waals surface area contributed by atoms with Crippen LogP contribution in [0.1, 0.15) is 27.7 Å². The van der Waals surface area contributed by atoms with E-state index in [0.717, 1.165) is 0 Å². The van der Waals surface area contributed by atoms with Gasteiger partial charge < -0.3 is 19.3 Å². The minimum Gasteiger partial charge on any atom is -0.395 e. The number of aliphatic hydroxyl groups excluding tert-OH is 2. The smallest absolute Gasteiger partial charge is 0.345 e. The van der Waals surface area contributed by atoms with Gasteiger partial charge in [0.2, 0.25) is 0 Å². The van der Waals surface area contributed by atoms with Crippen molar-refractivity contribution in [1.29, 1.82) is 0 Å². The molecular weight excluding hydrogens is 257 g/mol. The molecular formula is C11H26NO5P. The molecule has 0 aliphatic heterocycles. The van der Waals surface area contributed by atoms with Crippen LogP contribution >= 0.6 is 7.60 Å². The fraction of sp³-hybridized carbons (Fsp3) is 1.00. The molecule has 0 saturated heterocycles. The first-order valence-electron chi connectivity index (χ1n) is 6.23. The summed E-state index contributed by atoms with van der Waals surface area (Å²) in [7, 11) is -3.24. The summed E-state index contributed by atoms with van der Waals surface area (Å²) in [6, 6.07) is 0. The normalized spacial score (nSPS) is 12.9. The van der Waals surface area contributed by atoms with E-state index in [0.29, 0.717) is 13.1 Å². The van der Waals surface area contributed by atoms with Gasteiger partial charge >= 0.3 is 7.60 Å². The summed E-state index contributed by atoms with van der Waals surface area (Å²) >= 11 is 0. The highest BCUT2D eigenvalue weighted by Crippen LogP contribution is 2.50. The molecule has 0 atom stereocenters. The van der Waals surface area contributed by atoms with Gasteiger partial charge in [-0.25, -0.2) is 0 Å². The number of rotatable bonds is 10. The third-order valence-corrected chi connectivity index (χ3v) is 4.18. The fourth-order valence-corrected chi connectivity index (χ4v) is 3.76. The minimum atomic E-state index is -3.24. The van der Waals surface area contributed by atoms with Crippen molar-refractivity contribution < 1.29 is 23.8 Å². The van der Waals surface area contributed by atoms with Gasteiger partial charge in [0.1, 0.15) is 6.29 Å². The molecule has 0 aromatic carbocycles. The summed E-state index contributed by atoms with van der Waals surface area (Å²) in [5, 5.41) is 17.9. The Hall–Kier alpha value is 0.0300. The molecule has 0 fully saturated rings. The third kappa shape index (κ3) is 8.19. The van der Waals surface area contributed by atoms with Crippen LogP contribution in [0, 0.1) is 0 Å². The van der Waals surface area contributed by atoms with Gasteiger partial charge in [-0.1, -0.05) is 0 Å². The van der Waals surface area contributed by atoms with Crippen LogP contribution in [-0.2, 0) is 13.6 Å². The molecule has 0 radical (unpaired) electrons. The molecule has 7 heteroatoms. The van der Waals surface area contributed by atoms with Crippen LogP contribution in [0.25, 0.3) is 0 Å². The SMILES string of the molecule is CC(C)OP(=O)(CN(CCO)CCO)OC(C)C. The van der Waals surface area contributed by atoms with Crippen LogP contribution in [0.4, 0.5) is 0 Å². The second kappa shape index (κ2) is 9.02. The van der Waals surface area contributed by atoms with Gasteiger partial charge in [0.05, 0.1) is 25.4 Å². The molecule has 0 spiro atoms. The Morgan fingerprint density at radius 3 is 1.67 bits per heavy atom. The molecule has 0 amide bonds. The Labute approximate surface area is 109 Å². The molecule has 0 rings (SSSR count). The number of nitrogens with zero attached hydrogens (tertiary/aromatic N) is 1. The predicted octanol–water partition coefficient (Wildman–Crippen LogP) is 1.27. The molecule has 0 unspecified atom stereocenters. The maximum Gasteiger partial charge on any atom is 0.345 e. The summed E-state index contributed by atoms with van der Waals surface area (Å²) in [6.45, 7) is 7.68. The maximum atomic E-state index is 12.5. The zero-order valence-electron chi connectivity index (χ0n) is 11.7. The first kappa shape index (κ1) is 18.0. The molecule has 6 nitrogen and oxygen atoms in total. The summed E-state index contributed by atoms with van der Waals surface area (Å²) in [5.74, 6) is 0. The first-order valence-corrected chi connectivity index (χ1v) is 7.95. The Morgan fingerprint density at radius 1 is 1.00 bits per heavy atom. The van der Waals surface area contributed by atoms with Crippen LogP contribution in [0.5, 0.6) is 0 Å². The van der Waals surface area contributed by atoms with Crippen molar-refractivity contribution in [3.8, 4) is 0 Å². The van der Waals surface area contributed by atoms with Gasteiger partial charge in [0.15, 0.2) is 0 Å². The van der Waals surface area contributed by atoms with Gasteiger partial charge in [-0.05, 0) is 27.7 Å². The topological polar surface area (TPSA) is 79.2 Å². The Balaban J connectivity index is 4.67. The molecule has 0 bridgehead atoms. The highest BCUT2D eigenvalue weighted by molar-refractivity contribution is 7.53. The lowest BCUT2D eigenvalue weighted by atomic mass is 10.5. The number of hydrogen-bond donors (Lipinski definition) is 2. The fourth-order valence-electron chi connectivity index (χ4n) is 1.51. The van der Waals surface area contributed by atoms with Crippen molar-refractivity contribution in [2.45, 2.75) is 39.9 Å². The van der Waals surface area contributed by atoms with E-state index >= 15 is 0 Å². The van der Waals surface area contributed by atoms with E-state index in [1.54, 1.807) is 32.6 Å². The second-order valence-corrected chi connectivity index (χ2v) is 6.55. The monoisotopic (exact) mass is 283 g/mol. The standard InChI is InChI=1S/C11H26NO5P/c1-10(2)16-18(15,17-11(3)4)9-12(5-7-13)6-8-14/h10-11,13-14H,5-9H2,1-4H3. The molecule has 110 valence electrons. The average molecular weight is 283 g/mol. The van der Waals surface area contributed by atoms with Crippen LogP contribution in [0.2, 0.25) is 0 Å². The zero-order chi connectivity index (χ0) is 14.2. The molecule has 2 N–H and O–H groups in total. The first-order chi connectivity index (χ1) is 8.33. The van der Waals surface area contributed by atoms with E-state index in [1.807, 2.05) is 0 Å². The van der Waals surface area contributed by atoms with Crippen LogP contribution in [-0.4, -0.2) is 59.9 Å². The van der Waals surface area contributed by atoms with Gasteiger partial charge in [0, 0.05) is 13.1 Å². The molecule has 0 saturated carbocycles. The van der Waals surface area contributed by atoms with E-state index in [2.05, 4.69) is 0 Å². The van der Waals surface area contributed by atoms with Crippen LogP contribution in [0.3, 0.4) is 0 Å². The number of hydrogen-bond acceptors (Lipinski definition) is 6. The van der Waals surface area contributed by atoms with Gasteiger partial charge in [-0.15, -0.1) is 0 Å². The van der Waals surface area contributed by atoms with Crippen molar-refractivity contribution in [3.63, 3.8) is 0 Å². The van der Waals surface area contributed by atoms with Gasteiger partial charge in [0.25, 0.3) is 0 Å². The lowest BCUT2D eigenvalue weighted by Gasteiger charge is -2.28.